The van der Waals surface area contributed by atoms with Crippen molar-refractivity contribution in [2.24, 2.45) is 0 Å². The van der Waals surface area contributed by atoms with Crippen molar-refractivity contribution in [2.75, 3.05) is 46.6 Å². The second-order valence-corrected chi connectivity index (χ2v) is 10.4. The molecule has 0 N–H and O–H groups in total. The Balaban J connectivity index is 4.00. The summed E-state index contributed by atoms with van der Waals surface area (Å²) >= 11 is 0. The van der Waals surface area contributed by atoms with E-state index in [4.69, 9.17) is 14.2 Å². The first kappa shape index (κ1) is 35.9. The summed E-state index contributed by atoms with van der Waals surface area (Å²) < 4.78 is 16.0. The zero-order valence-corrected chi connectivity index (χ0v) is 24.9. The number of carbonyl (C=O) groups is 2. The Morgan fingerprint density at radius 3 is 1.70 bits per heavy atom. The van der Waals surface area contributed by atoms with Crippen molar-refractivity contribution in [1.29, 1.82) is 0 Å². The predicted octanol–water partition coefficient (Wildman–Crippen LogP) is 7.86. The molecule has 0 aliphatic rings. The van der Waals surface area contributed by atoms with E-state index >= 15 is 0 Å². The standard InChI is InChI=1S/C31H61NO5/c1-4-6-8-10-12-13-15-18-22-30(33)32(25-27-36-29-28-35-3)24-20-17-19-23-31(34)37-26-21-16-14-11-9-7-5-2/h4-29H2,1-3H3. The lowest BCUT2D eigenvalue weighted by atomic mass is 10.1. The first-order valence-electron chi connectivity index (χ1n) is 15.7. The fraction of sp³-hybridized carbons (Fsp3) is 0.935. The van der Waals surface area contributed by atoms with Gasteiger partial charge in [0.15, 0.2) is 0 Å². The third kappa shape index (κ3) is 26.3. The van der Waals surface area contributed by atoms with E-state index in [1.54, 1.807) is 7.11 Å². The maximum atomic E-state index is 12.8. The van der Waals surface area contributed by atoms with Crippen molar-refractivity contribution in [3.8, 4) is 0 Å². The van der Waals surface area contributed by atoms with Gasteiger partial charge in [-0.3, -0.25) is 9.59 Å². The summed E-state index contributed by atoms with van der Waals surface area (Å²) in [5.74, 6) is 0.149. The van der Waals surface area contributed by atoms with Crippen LogP contribution in [0.25, 0.3) is 0 Å². The van der Waals surface area contributed by atoms with Crippen molar-refractivity contribution in [3.05, 3.63) is 0 Å². The van der Waals surface area contributed by atoms with Gasteiger partial charge in [-0.25, -0.2) is 0 Å². The van der Waals surface area contributed by atoms with E-state index in [2.05, 4.69) is 13.8 Å². The summed E-state index contributed by atoms with van der Waals surface area (Å²) in [6.45, 7) is 8.05. The van der Waals surface area contributed by atoms with E-state index in [1.165, 1.54) is 70.6 Å². The Kier molecular flexibility index (Phi) is 28.5. The summed E-state index contributed by atoms with van der Waals surface area (Å²) in [7, 11) is 1.66. The Bertz CT molecular complexity index is 500. The summed E-state index contributed by atoms with van der Waals surface area (Å²) in [6.07, 6.45) is 22.2. The van der Waals surface area contributed by atoms with E-state index in [0.717, 1.165) is 51.5 Å². The number of carbonyl (C=O) groups excluding carboxylic acids is 2. The molecule has 0 aliphatic heterocycles. The molecular formula is C31H61NO5. The van der Waals surface area contributed by atoms with Crippen molar-refractivity contribution in [2.45, 2.75) is 142 Å². The van der Waals surface area contributed by atoms with Crippen LogP contribution in [0.1, 0.15) is 142 Å². The van der Waals surface area contributed by atoms with Gasteiger partial charge >= 0.3 is 5.97 Å². The van der Waals surface area contributed by atoms with Crippen LogP contribution in [0.5, 0.6) is 0 Å². The maximum Gasteiger partial charge on any atom is 0.305 e. The molecule has 0 rings (SSSR count). The predicted molar refractivity (Wildman–Crippen MR) is 154 cm³/mol. The molecular weight excluding hydrogens is 466 g/mol. The molecule has 0 spiro atoms. The lowest BCUT2D eigenvalue weighted by molar-refractivity contribution is -0.144. The normalized spacial score (nSPS) is 11.1. The molecule has 0 saturated carbocycles. The number of methoxy groups -OCH3 is 1. The minimum atomic E-state index is -0.0832. The quantitative estimate of drug-likeness (QED) is 0.0731. The molecule has 0 radical (unpaired) electrons. The van der Waals surface area contributed by atoms with Gasteiger partial charge in [-0.1, -0.05) is 104 Å². The topological polar surface area (TPSA) is 65.1 Å². The van der Waals surface area contributed by atoms with Gasteiger partial charge in [0.2, 0.25) is 5.91 Å². The number of ether oxygens (including phenoxy) is 3. The smallest absolute Gasteiger partial charge is 0.305 e. The van der Waals surface area contributed by atoms with Crippen molar-refractivity contribution < 1.29 is 23.8 Å². The van der Waals surface area contributed by atoms with Gasteiger partial charge in [0.05, 0.1) is 26.4 Å². The Hall–Kier alpha value is -1.14. The van der Waals surface area contributed by atoms with Crippen LogP contribution in [0.3, 0.4) is 0 Å². The molecule has 0 aromatic carbocycles. The molecule has 6 nitrogen and oxygen atoms in total. The van der Waals surface area contributed by atoms with Crippen LogP contribution in [-0.2, 0) is 23.8 Å². The van der Waals surface area contributed by atoms with Crippen molar-refractivity contribution in [1.82, 2.24) is 4.90 Å². The van der Waals surface area contributed by atoms with Crippen LogP contribution in [0.15, 0.2) is 0 Å². The fourth-order valence-electron chi connectivity index (χ4n) is 4.41. The lowest BCUT2D eigenvalue weighted by Crippen LogP contribution is -2.35. The highest BCUT2D eigenvalue weighted by atomic mass is 16.5. The zero-order valence-electron chi connectivity index (χ0n) is 24.9. The lowest BCUT2D eigenvalue weighted by Gasteiger charge is -2.23. The first-order chi connectivity index (χ1) is 18.2. The molecule has 0 saturated heterocycles. The van der Waals surface area contributed by atoms with Crippen LogP contribution in [0.4, 0.5) is 0 Å². The van der Waals surface area contributed by atoms with Crippen molar-refractivity contribution >= 4 is 11.9 Å². The number of esters is 1. The molecule has 0 aromatic rings. The molecule has 0 unspecified atom stereocenters. The van der Waals surface area contributed by atoms with Gasteiger partial charge in [0.1, 0.15) is 0 Å². The third-order valence-corrected chi connectivity index (χ3v) is 6.85. The van der Waals surface area contributed by atoms with E-state index in [0.29, 0.717) is 45.8 Å². The van der Waals surface area contributed by atoms with Gasteiger partial charge in [-0.2, -0.15) is 0 Å². The van der Waals surface area contributed by atoms with Crippen LogP contribution >= 0.6 is 0 Å². The van der Waals surface area contributed by atoms with E-state index in [1.807, 2.05) is 4.90 Å². The highest BCUT2D eigenvalue weighted by molar-refractivity contribution is 5.76. The van der Waals surface area contributed by atoms with Gasteiger partial charge in [0.25, 0.3) is 0 Å². The molecule has 1 amide bonds. The average molecular weight is 528 g/mol. The number of nitrogens with zero attached hydrogens (tertiary/aromatic N) is 1. The summed E-state index contributed by atoms with van der Waals surface area (Å²) in [6, 6.07) is 0. The summed E-state index contributed by atoms with van der Waals surface area (Å²) in [4.78, 5) is 26.8. The van der Waals surface area contributed by atoms with Gasteiger partial charge in [-0.05, 0) is 25.7 Å². The first-order valence-corrected chi connectivity index (χ1v) is 15.7. The Labute approximate surface area is 229 Å². The molecule has 6 heteroatoms. The summed E-state index contributed by atoms with van der Waals surface area (Å²) in [5.41, 5.74) is 0. The number of rotatable bonds is 29. The average Bonchev–Trinajstić information content (AvgIpc) is 2.90. The van der Waals surface area contributed by atoms with E-state index in [-0.39, 0.29) is 11.9 Å². The fourth-order valence-corrected chi connectivity index (χ4v) is 4.41. The highest BCUT2D eigenvalue weighted by Gasteiger charge is 2.13. The Morgan fingerprint density at radius 1 is 0.541 bits per heavy atom. The molecule has 0 atom stereocenters. The number of hydrogen-bond donors (Lipinski definition) is 0. The second-order valence-electron chi connectivity index (χ2n) is 10.4. The molecule has 0 aliphatic carbocycles. The van der Waals surface area contributed by atoms with E-state index in [9.17, 15) is 9.59 Å². The molecule has 0 fully saturated rings. The van der Waals surface area contributed by atoms with Crippen LogP contribution in [0.2, 0.25) is 0 Å². The summed E-state index contributed by atoms with van der Waals surface area (Å²) in [5, 5.41) is 0. The van der Waals surface area contributed by atoms with E-state index < -0.39 is 0 Å². The monoisotopic (exact) mass is 527 g/mol. The Morgan fingerprint density at radius 2 is 1.08 bits per heavy atom. The highest BCUT2D eigenvalue weighted by Crippen LogP contribution is 2.12. The zero-order chi connectivity index (χ0) is 27.2. The maximum absolute atomic E-state index is 12.8. The molecule has 0 bridgehead atoms. The largest absolute Gasteiger partial charge is 0.466 e. The van der Waals surface area contributed by atoms with Crippen LogP contribution < -0.4 is 0 Å². The van der Waals surface area contributed by atoms with Gasteiger partial charge in [0, 0.05) is 33.0 Å². The number of hydrogen-bond acceptors (Lipinski definition) is 5. The molecule has 0 heterocycles. The third-order valence-electron chi connectivity index (χ3n) is 6.85. The number of unbranched alkanes of at least 4 members (excludes halogenated alkanes) is 15. The van der Waals surface area contributed by atoms with Crippen molar-refractivity contribution in [3.63, 3.8) is 0 Å². The van der Waals surface area contributed by atoms with Crippen LogP contribution in [-0.4, -0.2) is 63.4 Å². The molecule has 220 valence electrons. The van der Waals surface area contributed by atoms with Gasteiger partial charge in [-0.15, -0.1) is 0 Å². The molecule has 37 heavy (non-hydrogen) atoms. The number of amides is 1. The van der Waals surface area contributed by atoms with Gasteiger partial charge < -0.3 is 19.1 Å². The molecule has 0 aromatic heterocycles. The van der Waals surface area contributed by atoms with Crippen LogP contribution in [0, 0.1) is 0 Å². The second kappa shape index (κ2) is 29.4. The SMILES string of the molecule is CCCCCCCCCCC(=O)N(CCCCCC(=O)OCCCCCCCCC)CCOCCOC. The minimum absolute atomic E-state index is 0.0832. The minimum Gasteiger partial charge on any atom is -0.466 e.